The van der Waals surface area contributed by atoms with Crippen LogP contribution < -0.4 is 5.32 Å². The minimum atomic E-state index is -0.0878. The SMILES string of the molecule is O=C(NCCC(CCO)c1cccs1)c1cc2ccccc2[nH]1. The third-order valence-electron chi connectivity index (χ3n) is 3.98. The Bertz CT molecular complexity index is 731. The average molecular weight is 328 g/mol. The third kappa shape index (κ3) is 3.81. The zero-order valence-corrected chi connectivity index (χ0v) is 13.6. The molecule has 3 rings (SSSR count). The van der Waals surface area contributed by atoms with Gasteiger partial charge >= 0.3 is 0 Å². The molecule has 5 heteroatoms. The van der Waals surface area contributed by atoms with Crippen LogP contribution in [0.1, 0.15) is 34.1 Å². The molecule has 0 saturated carbocycles. The van der Waals surface area contributed by atoms with Crippen LogP contribution in [0.5, 0.6) is 0 Å². The molecule has 1 atom stereocenters. The molecule has 0 radical (unpaired) electrons. The molecule has 0 bridgehead atoms. The molecule has 4 nitrogen and oxygen atoms in total. The molecule has 1 unspecified atom stereocenters. The Morgan fingerprint density at radius 1 is 1.22 bits per heavy atom. The summed E-state index contributed by atoms with van der Waals surface area (Å²) < 4.78 is 0. The number of aromatic nitrogens is 1. The van der Waals surface area contributed by atoms with Crippen molar-refractivity contribution in [1.82, 2.24) is 10.3 Å². The number of aromatic amines is 1. The number of nitrogens with one attached hydrogen (secondary N) is 2. The van der Waals surface area contributed by atoms with Crippen molar-refractivity contribution >= 4 is 28.1 Å². The first kappa shape index (κ1) is 15.8. The molecule has 1 aromatic carbocycles. The Labute approximate surface area is 139 Å². The molecule has 0 saturated heterocycles. The predicted octanol–water partition coefficient (Wildman–Crippen LogP) is 3.52. The van der Waals surface area contributed by atoms with E-state index in [4.69, 9.17) is 0 Å². The highest BCUT2D eigenvalue weighted by Gasteiger charge is 2.14. The number of rotatable bonds is 7. The smallest absolute Gasteiger partial charge is 0.267 e. The molecule has 1 amide bonds. The molecule has 0 spiro atoms. The summed E-state index contributed by atoms with van der Waals surface area (Å²) in [5.74, 6) is 0.207. The third-order valence-corrected chi connectivity index (χ3v) is 5.01. The fourth-order valence-corrected chi connectivity index (χ4v) is 3.66. The van der Waals surface area contributed by atoms with Crippen LogP contribution in [0.25, 0.3) is 10.9 Å². The second-order valence-electron chi connectivity index (χ2n) is 5.54. The highest BCUT2D eigenvalue weighted by Crippen LogP contribution is 2.26. The molecule has 0 aliphatic carbocycles. The fraction of sp³-hybridized carbons (Fsp3) is 0.278. The van der Waals surface area contributed by atoms with Crippen molar-refractivity contribution in [3.05, 3.63) is 58.4 Å². The van der Waals surface area contributed by atoms with Crippen molar-refractivity contribution in [3.63, 3.8) is 0 Å². The van der Waals surface area contributed by atoms with E-state index < -0.39 is 0 Å². The molecule has 120 valence electrons. The molecule has 0 aliphatic heterocycles. The molecule has 0 fully saturated rings. The van der Waals surface area contributed by atoms with Crippen molar-refractivity contribution in [2.75, 3.05) is 13.2 Å². The lowest BCUT2D eigenvalue weighted by Crippen LogP contribution is -2.26. The van der Waals surface area contributed by atoms with Gasteiger partial charge in [-0.05, 0) is 42.3 Å². The number of thiophene rings is 1. The first-order valence-electron chi connectivity index (χ1n) is 7.78. The van der Waals surface area contributed by atoms with E-state index in [-0.39, 0.29) is 12.5 Å². The minimum Gasteiger partial charge on any atom is -0.396 e. The first-order valence-corrected chi connectivity index (χ1v) is 8.66. The van der Waals surface area contributed by atoms with E-state index in [1.54, 1.807) is 11.3 Å². The van der Waals surface area contributed by atoms with Gasteiger partial charge in [-0.1, -0.05) is 24.3 Å². The van der Waals surface area contributed by atoms with Gasteiger partial charge in [-0.15, -0.1) is 11.3 Å². The number of hydrogen-bond donors (Lipinski definition) is 3. The van der Waals surface area contributed by atoms with Crippen LogP contribution in [0.2, 0.25) is 0 Å². The summed E-state index contributed by atoms with van der Waals surface area (Å²) in [5, 5.41) is 15.3. The van der Waals surface area contributed by atoms with E-state index in [1.165, 1.54) is 4.88 Å². The average Bonchev–Trinajstić information content (AvgIpc) is 3.23. The number of amides is 1. The van der Waals surface area contributed by atoms with Gasteiger partial charge in [0.2, 0.25) is 0 Å². The van der Waals surface area contributed by atoms with E-state index >= 15 is 0 Å². The highest BCUT2D eigenvalue weighted by molar-refractivity contribution is 7.10. The number of para-hydroxylation sites is 1. The van der Waals surface area contributed by atoms with Gasteiger partial charge < -0.3 is 15.4 Å². The summed E-state index contributed by atoms with van der Waals surface area (Å²) in [5.41, 5.74) is 1.55. The van der Waals surface area contributed by atoms with Gasteiger partial charge in [-0.2, -0.15) is 0 Å². The second kappa shape index (κ2) is 7.44. The Kier molecular flexibility index (Phi) is 5.10. The Morgan fingerprint density at radius 2 is 2.09 bits per heavy atom. The van der Waals surface area contributed by atoms with E-state index in [0.717, 1.165) is 23.7 Å². The Morgan fingerprint density at radius 3 is 2.83 bits per heavy atom. The Balaban J connectivity index is 1.57. The van der Waals surface area contributed by atoms with Gasteiger partial charge in [0, 0.05) is 28.9 Å². The summed E-state index contributed by atoms with van der Waals surface area (Å²) in [6, 6.07) is 13.8. The number of aliphatic hydroxyl groups excluding tert-OH is 1. The fourth-order valence-electron chi connectivity index (χ4n) is 2.76. The van der Waals surface area contributed by atoms with Crippen molar-refractivity contribution in [1.29, 1.82) is 0 Å². The van der Waals surface area contributed by atoms with Gasteiger partial charge in [-0.25, -0.2) is 0 Å². The first-order chi connectivity index (χ1) is 11.3. The number of benzene rings is 1. The van der Waals surface area contributed by atoms with Crippen LogP contribution in [0.3, 0.4) is 0 Å². The van der Waals surface area contributed by atoms with E-state index in [9.17, 15) is 9.90 Å². The topological polar surface area (TPSA) is 65.1 Å². The van der Waals surface area contributed by atoms with Gasteiger partial charge in [0.1, 0.15) is 5.69 Å². The normalized spacial score (nSPS) is 12.4. The summed E-state index contributed by atoms with van der Waals surface area (Å²) in [7, 11) is 0. The molecule has 2 heterocycles. The number of hydrogen-bond acceptors (Lipinski definition) is 3. The quantitative estimate of drug-likeness (QED) is 0.621. The van der Waals surface area contributed by atoms with Gasteiger partial charge in [0.25, 0.3) is 5.91 Å². The van der Waals surface area contributed by atoms with E-state index in [2.05, 4.69) is 16.4 Å². The molecular formula is C18H20N2O2S. The lowest BCUT2D eigenvalue weighted by atomic mass is 10.00. The maximum absolute atomic E-state index is 12.3. The lowest BCUT2D eigenvalue weighted by molar-refractivity contribution is 0.0948. The second-order valence-corrected chi connectivity index (χ2v) is 6.52. The summed E-state index contributed by atoms with van der Waals surface area (Å²) in [4.78, 5) is 16.7. The predicted molar refractivity (Wildman–Crippen MR) is 94.0 cm³/mol. The van der Waals surface area contributed by atoms with Crippen LogP contribution in [-0.2, 0) is 0 Å². The van der Waals surface area contributed by atoms with Gasteiger partial charge in [0.15, 0.2) is 0 Å². The van der Waals surface area contributed by atoms with Crippen molar-refractivity contribution < 1.29 is 9.90 Å². The number of H-pyrrole nitrogens is 1. The summed E-state index contributed by atoms with van der Waals surface area (Å²) in [6.45, 7) is 0.759. The zero-order valence-electron chi connectivity index (χ0n) is 12.8. The monoisotopic (exact) mass is 328 g/mol. The molecule has 23 heavy (non-hydrogen) atoms. The molecule has 3 N–H and O–H groups in total. The molecule has 0 aliphatic rings. The zero-order chi connectivity index (χ0) is 16.1. The van der Waals surface area contributed by atoms with Crippen LogP contribution >= 0.6 is 11.3 Å². The number of aliphatic hydroxyl groups is 1. The number of carbonyl (C=O) groups excluding carboxylic acids is 1. The maximum Gasteiger partial charge on any atom is 0.267 e. The highest BCUT2D eigenvalue weighted by atomic mass is 32.1. The minimum absolute atomic E-state index is 0.0878. The van der Waals surface area contributed by atoms with Crippen molar-refractivity contribution in [2.24, 2.45) is 0 Å². The van der Waals surface area contributed by atoms with Crippen LogP contribution in [0, 0.1) is 0 Å². The summed E-state index contributed by atoms with van der Waals surface area (Å²) >= 11 is 1.70. The van der Waals surface area contributed by atoms with Crippen LogP contribution in [-0.4, -0.2) is 29.1 Å². The van der Waals surface area contributed by atoms with Crippen LogP contribution in [0.15, 0.2) is 47.8 Å². The standard InChI is InChI=1S/C18H20N2O2S/c21-10-8-13(17-6-3-11-23-17)7-9-19-18(22)16-12-14-4-1-2-5-15(14)20-16/h1-6,11-13,20-21H,7-10H2,(H,19,22). The molecule has 3 aromatic rings. The number of fused-ring (bicyclic) bond motifs is 1. The molecular weight excluding hydrogens is 308 g/mol. The van der Waals surface area contributed by atoms with Gasteiger partial charge in [-0.3, -0.25) is 4.79 Å². The largest absolute Gasteiger partial charge is 0.396 e. The van der Waals surface area contributed by atoms with E-state index in [0.29, 0.717) is 18.2 Å². The van der Waals surface area contributed by atoms with E-state index in [1.807, 2.05) is 41.8 Å². The van der Waals surface area contributed by atoms with Crippen molar-refractivity contribution in [2.45, 2.75) is 18.8 Å². The lowest BCUT2D eigenvalue weighted by Gasteiger charge is -2.14. The summed E-state index contributed by atoms with van der Waals surface area (Å²) in [6.07, 6.45) is 1.55. The van der Waals surface area contributed by atoms with Gasteiger partial charge in [0.05, 0.1) is 0 Å². The van der Waals surface area contributed by atoms with Crippen LogP contribution in [0.4, 0.5) is 0 Å². The van der Waals surface area contributed by atoms with Crippen molar-refractivity contribution in [3.8, 4) is 0 Å². The number of carbonyl (C=O) groups is 1. The maximum atomic E-state index is 12.3. The molecule has 2 aromatic heterocycles. The Hall–Kier alpha value is -2.11.